The van der Waals surface area contributed by atoms with Gasteiger partial charge in [0.15, 0.2) is 6.10 Å². The number of unbranched alkanes of at least 4 members (excludes halogenated alkanes) is 1. The van der Waals surface area contributed by atoms with E-state index in [0.717, 1.165) is 30.4 Å². The van der Waals surface area contributed by atoms with Crippen LogP contribution in [-0.2, 0) is 17.8 Å². The summed E-state index contributed by atoms with van der Waals surface area (Å²) in [5, 5.41) is 9.24. The summed E-state index contributed by atoms with van der Waals surface area (Å²) in [4.78, 5) is 23.9. The molecule has 5 nitrogen and oxygen atoms in total. The zero-order valence-electron chi connectivity index (χ0n) is 21.1. The van der Waals surface area contributed by atoms with Gasteiger partial charge in [0.05, 0.1) is 0 Å². The summed E-state index contributed by atoms with van der Waals surface area (Å²) in [6, 6.07) is 31.9. The number of carboxylic acid groups (broad SMARTS) is 1. The standard InChI is InChI=1S/C32H33NO4/c1-2-29(32(35)36)37-28-18-11-13-24(22-28)12-9-10-21-33-23-27(19-20-30(33)34)31(25-14-5-3-6-15-25)26-16-7-4-8-17-26/h3-8,11,13-20,22-23,29,31H,2,9-10,12,21H2,1H3,(H,35,36). The molecule has 0 aliphatic heterocycles. The smallest absolute Gasteiger partial charge is 0.344 e. The highest BCUT2D eigenvalue weighted by atomic mass is 16.5. The van der Waals surface area contributed by atoms with Crippen molar-refractivity contribution >= 4 is 5.97 Å². The van der Waals surface area contributed by atoms with E-state index in [1.54, 1.807) is 19.1 Å². The number of carbonyl (C=O) groups is 1. The lowest BCUT2D eigenvalue weighted by atomic mass is 9.86. The molecule has 190 valence electrons. The van der Waals surface area contributed by atoms with E-state index in [1.807, 2.05) is 71.4 Å². The number of carboxylic acids is 1. The molecule has 0 fully saturated rings. The summed E-state index contributed by atoms with van der Waals surface area (Å²) in [5.74, 6) is -0.333. The molecule has 1 atom stereocenters. The summed E-state index contributed by atoms with van der Waals surface area (Å²) >= 11 is 0. The first-order valence-corrected chi connectivity index (χ1v) is 12.8. The van der Waals surface area contributed by atoms with Gasteiger partial charge in [0.1, 0.15) is 5.75 Å². The summed E-state index contributed by atoms with van der Waals surface area (Å²) in [6.45, 7) is 2.43. The second-order valence-electron chi connectivity index (χ2n) is 9.21. The molecule has 4 aromatic rings. The van der Waals surface area contributed by atoms with Gasteiger partial charge in [-0.3, -0.25) is 4.79 Å². The van der Waals surface area contributed by atoms with Crippen LogP contribution >= 0.6 is 0 Å². The molecular weight excluding hydrogens is 462 g/mol. The van der Waals surface area contributed by atoms with Crippen LogP contribution in [0.5, 0.6) is 5.75 Å². The van der Waals surface area contributed by atoms with Crippen molar-refractivity contribution in [3.63, 3.8) is 0 Å². The normalized spacial score (nSPS) is 11.8. The highest BCUT2D eigenvalue weighted by molar-refractivity contribution is 5.72. The quantitative estimate of drug-likeness (QED) is 0.234. The second kappa shape index (κ2) is 12.7. The summed E-state index contributed by atoms with van der Waals surface area (Å²) < 4.78 is 7.43. The van der Waals surface area contributed by atoms with Crippen molar-refractivity contribution in [3.05, 3.63) is 136 Å². The number of rotatable bonds is 12. The number of ether oxygens (including phenoxy) is 1. The Morgan fingerprint density at radius 3 is 2.14 bits per heavy atom. The maximum atomic E-state index is 12.7. The largest absolute Gasteiger partial charge is 0.479 e. The van der Waals surface area contributed by atoms with Crippen LogP contribution < -0.4 is 10.3 Å². The van der Waals surface area contributed by atoms with E-state index in [4.69, 9.17) is 4.74 Å². The van der Waals surface area contributed by atoms with Crippen molar-refractivity contribution in [1.29, 1.82) is 0 Å². The monoisotopic (exact) mass is 495 g/mol. The number of aryl methyl sites for hydroxylation is 2. The highest BCUT2D eigenvalue weighted by Crippen LogP contribution is 2.31. The third kappa shape index (κ3) is 6.98. The molecule has 0 spiro atoms. The minimum atomic E-state index is -0.956. The van der Waals surface area contributed by atoms with Gasteiger partial charge >= 0.3 is 5.97 Å². The van der Waals surface area contributed by atoms with E-state index in [0.29, 0.717) is 18.7 Å². The van der Waals surface area contributed by atoms with Crippen LogP contribution in [0.1, 0.15) is 54.4 Å². The maximum absolute atomic E-state index is 12.7. The van der Waals surface area contributed by atoms with Crippen LogP contribution in [-0.4, -0.2) is 21.7 Å². The molecule has 0 radical (unpaired) electrons. The summed E-state index contributed by atoms with van der Waals surface area (Å²) in [6.07, 6.45) is 4.14. The molecule has 0 aliphatic rings. The van der Waals surface area contributed by atoms with E-state index in [-0.39, 0.29) is 11.5 Å². The Morgan fingerprint density at radius 2 is 1.51 bits per heavy atom. The summed E-state index contributed by atoms with van der Waals surface area (Å²) in [7, 11) is 0. The first-order chi connectivity index (χ1) is 18.0. The molecule has 0 saturated carbocycles. The number of pyridine rings is 1. The Balaban J connectivity index is 1.43. The maximum Gasteiger partial charge on any atom is 0.344 e. The van der Waals surface area contributed by atoms with Crippen LogP contribution in [0.4, 0.5) is 0 Å². The molecule has 0 bridgehead atoms. The number of hydrogen-bond acceptors (Lipinski definition) is 3. The fourth-order valence-corrected chi connectivity index (χ4v) is 4.62. The van der Waals surface area contributed by atoms with Crippen molar-refractivity contribution in [1.82, 2.24) is 4.57 Å². The summed E-state index contributed by atoms with van der Waals surface area (Å²) in [5.41, 5.74) is 4.56. The van der Waals surface area contributed by atoms with Crippen LogP contribution in [0, 0.1) is 0 Å². The molecule has 3 aromatic carbocycles. The van der Waals surface area contributed by atoms with E-state index >= 15 is 0 Å². The van der Waals surface area contributed by atoms with Gasteiger partial charge in [0.25, 0.3) is 5.56 Å². The minimum Gasteiger partial charge on any atom is -0.479 e. The first-order valence-electron chi connectivity index (χ1n) is 12.8. The number of benzene rings is 3. The van der Waals surface area contributed by atoms with Crippen LogP contribution in [0.25, 0.3) is 0 Å². The lowest BCUT2D eigenvalue weighted by Gasteiger charge is -2.20. The molecule has 1 unspecified atom stereocenters. The molecule has 1 N–H and O–H groups in total. The molecule has 5 heteroatoms. The Morgan fingerprint density at radius 1 is 0.838 bits per heavy atom. The van der Waals surface area contributed by atoms with Crippen molar-refractivity contribution in [3.8, 4) is 5.75 Å². The van der Waals surface area contributed by atoms with E-state index in [1.165, 1.54) is 11.1 Å². The highest BCUT2D eigenvalue weighted by Gasteiger charge is 2.18. The minimum absolute atomic E-state index is 0.00158. The third-order valence-electron chi connectivity index (χ3n) is 6.54. The zero-order chi connectivity index (χ0) is 26.0. The van der Waals surface area contributed by atoms with Crippen molar-refractivity contribution in [2.75, 3.05) is 0 Å². The first kappa shape index (κ1) is 26.0. The Labute approximate surface area is 218 Å². The van der Waals surface area contributed by atoms with Crippen LogP contribution in [0.15, 0.2) is 108 Å². The number of nitrogens with zero attached hydrogens (tertiary/aromatic N) is 1. The predicted molar refractivity (Wildman–Crippen MR) is 146 cm³/mol. The molecule has 0 saturated heterocycles. The Hall–Kier alpha value is -4.12. The topological polar surface area (TPSA) is 68.5 Å². The fourth-order valence-electron chi connectivity index (χ4n) is 4.62. The van der Waals surface area contributed by atoms with Crippen LogP contribution in [0.2, 0.25) is 0 Å². The zero-order valence-corrected chi connectivity index (χ0v) is 21.1. The SMILES string of the molecule is CCC(Oc1cccc(CCCCn2cc(C(c3ccccc3)c3ccccc3)ccc2=O)c1)C(=O)O. The molecule has 4 rings (SSSR count). The molecule has 37 heavy (non-hydrogen) atoms. The third-order valence-corrected chi connectivity index (χ3v) is 6.54. The van der Waals surface area contributed by atoms with Gasteiger partial charge in [-0.25, -0.2) is 4.79 Å². The van der Waals surface area contributed by atoms with Gasteiger partial charge in [-0.1, -0.05) is 85.8 Å². The van der Waals surface area contributed by atoms with Gasteiger partial charge in [-0.15, -0.1) is 0 Å². The number of aromatic nitrogens is 1. The number of aliphatic carboxylic acids is 1. The van der Waals surface area contributed by atoms with Crippen molar-refractivity contribution < 1.29 is 14.6 Å². The molecular formula is C32H33NO4. The lowest BCUT2D eigenvalue weighted by Crippen LogP contribution is -2.25. The van der Waals surface area contributed by atoms with E-state index in [2.05, 4.69) is 24.3 Å². The van der Waals surface area contributed by atoms with Crippen molar-refractivity contribution in [2.45, 2.75) is 51.2 Å². The van der Waals surface area contributed by atoms with Crippen molar-refractivity contribution in [2.24, 2.45) is 0 Å². The second-order valence-corrected chi connectivity index (χ2v) is 9.21. The van der Waals surface area contributed by atoms with Gasteiger partial charge in [-0.2, -0.15) is 0 Å². The predicted octanol–water partition coefficient (Wildman–Crippen LogP) is 6.29. The van der Waals surface area contributed by atoms with E-state index in [9.17, 15) is 14.7 Å². The molecule has 0 aliphatic carbocycles. The molecule has 1 aromatic heterocycles. The van der Waals surface area contributed by atoms with Gasteiger partial charge in [-0.05, 0) is 60.1 Å². The van der Waals surface area contributed by atoms with E-state index < -0.39 is 12.1 Å². The van der Waals surface area contributed by atoms with Gasteiger partial charge < -0.3 is 14.4 Å². The molecule has 1 heterocycles. The average molecular weight is 496 g/mol. The molecule has 0 amide bonds. The van der Waals surface area contributed by atoms with Crippen LogP contribution in [0.3, 0.4) is 0 Å². The number of hydrogen-bond donors (Lipinski definition) is 1. The average Bonchev–Trinajstić information content (AvgIpc) is 2.92. The lowest BCUT2D eigenvalue weighted by molar-refractivity contribution is -0.145. The van der Waals surface area contributed by atoms with Gasteiger partial charge in [0, 0.05) is 24.7 Å². The Bertz CT molecular complexity index is 1310. The van der Waals surface area contributed by atoms with Gasteiger partial charge in [0.2, 0.25) is 0 Å². The fraction of sp³-hybridized carbons (Fsp3) is 0.250. The Kier molecular flexibility index (Phi) is 8.93.